The average molecular weight is 304 g/mol. The van der Waals surface area contributed by atoms with Crippen LogP contribution in [-0.2, 0) is 4.74 Å². The lowest BCUT2D eigenvalue weighted by atomic mass is 9.99. The Morgan fingerprint density at radius 1 is 1.27 bits per heavy atom. The number of carbonyl (C=O) groups excluding carboxylic acids is 1. The molecule has 0 aromatic heterocycles. The van der Waals surface area contributed by atoms with Crippen LogP contribution in [0.3, 0.4) is 0 Å². The van der Waals surface area contributed by atoms with E-state index in [1.165, 1.54) is 12.8 Å². The molecule has 0 aliphatic carbocycles. The summed E-state index contributed by atoms with van der Waals surface area (Å²) < 4.78 is 10.5. The molecule has 1 aromatic rings. The predicted molar refractivity (Wildman–Crippen MR) is 84.2 cm³/mol. The molecular weight excluding hydrogens is 280 g/mol. The van der Waals surface area contributed by atoms with Crippen molar-refractivity contribution in [3.63, 3.8) is 0 Å². The number of ether oxygens (including phenoxy) is 2. The minimum Gasteiger partial charge on any atom is -0.491 e. The fourth-order valence-corrected chi connectivity index (χ4v) is 3.41. The lowest BCUT2D eigenvalue weighted by molar-refractivity contribution is 0.0923. The second kappa shape index (κ2) is 7.11. The average Bonchev–Trinajstić information content (AvgIpc) is 2.87. The Kier molecular flexibility index (Phi) is 4.95. The summed E-state index contributed by atoms with van der Waals surface area (Å²) >= 11 is 0. The number of benzene rings is 1. The van der Waals surface area contributed by atoms with Gasteiger partial charge in [-0.05, 0) is 43.9 Å². The fourth-order valence-electron chi connectivity index (χ4n) is 3.41. The van der Waals surface area contributed by atoms with Gasteiger partial charge in [0.2, 0.25) is 0 Å². The summed E-state index contributed by atoms with van der Waals surface area (Å²) in [4.78, 5) is 12.4. The van der Waals surface area contributed by atoms with Gasteiger partial charge in [-0.1, -0.05) is 6.07 Å². The Bertz CT molecular complexity index is 508. The third kappa shape index (κ3) is 3.78. The third-order valence-corrected chi connectivity index (χ3v) is 4.46. The lowest BCUT2D eigenvalue weighted by Crippen LogP contribution is -2.48. The maximum Gasteiger partial charge on any atom is 0.251 e. The maximum absolute atomic E-state index is 12.4. The van der Waals surface area contributed by atoms with Crippen molar-refractivity contribution in [2.24, 2.45) is 0 Å². The number of carbonyl (C=O) groups is 1. The highest BCUT2D eigenvalue weighted by atomic mass is 16.5. The molecule has 120 valence electrons. The highest BCUT2D eigenvalue weighted by molar-refractivity contribution is 5.94. The molecule has 3 rings (SSSR count). The summed E-state index contributed by atoms with van der Waals surface area (Å²) in [7, 11) is 1.64. The van der Waals surface area contributed by atoms with Gasteiger partial charge in [0.1, 0.15) is 12.4 Å². The Morgan fingerprint density at radius 2 is 2.05 bits per heavy atom. The van der Waals surface area contributed by atoms with Crippen molar-refractivity contribution in [2.75, 3.05) is 20.3 Å². The van der Waals surface area contributed by atoms with Crippen molar-refractivity contribution in [1.82, 2.24) is 10.6 Å². The molecule has 22 heavy (non-hydrogen) atoms. The van der Waals surface area contributed by atoms with Gasteiger partial charge >= 0.3 is 0 Å². The molecule has 2 saturated heterocycles. The zero-order valence-corrected chi connectivity index (χ0v) is 13.0. The van der Waals surface area contributed by atoms with Crippen LogP contribution in [0.4, 0.5) is 0 Å². The number of hydrogen-bond acceptors (Lipinski definition) is 4. The molecule has 2 bridgehead atoms. The Morgan fingerprint density at radius 3 is 2.77 bits per heavy atom. The van der Waals surface area contributed by atoms with Crippen LogP contribution in [-0.4, -0.2) is 44.4 Å². The number of piperidine rings is 1. The van der Waals surface area contributed by atoms with Gasteiger partial charge < -0.3 is 20.1 Å². The second-order valence-corrected chi connectivity index (χ2v) is 6.15. The predicted octanol–water partition coefficient (Wildman–Crippen LogP) is 1.72. The van der Waals surface area contributed by atoms with Gasteiger partial charge in [0, 0.05) is 30.8 Å². The molecular formula is C17H24N2O3. The summed E-state index contributed by atoms with van der Waals surface area (Å²) in [5, 5.41) is 6.76. The number of fused-ring (bicyclic) bond motifs is 2. The first-order chi connectivity index (χ1) is 10.7. The minimum atomic E-state index is -0.0107. The number of amides is 1. The van der Waals surface area contributed by atoms with Gasteiger partial charge in [0.25, 0.3) is 5.91 Å². The van der Waals surface area contributed by atoms with Crippen LogP contribution in [0.2, 0.25) is 0 Å². The number of hydrogen-bond donors (Lipinski definition) is 2. The summed E-state index contributed by atoms with van der Waals surface area (Å²) in [5.74, 6) is 0.693. The Hall–Kier alpha value is -1.59. The molecule has 2 heterocycles. The largest absolute Gasteiger partial charge is 0.491 e. The van der Waals surface area contributed by atoms with Crippen LogP contribution in [0.5, 0.6) is 5.75 Å². The molecule has 2 aliphatic rings. The van der Waals surface area contributed by atoms with E-state index in [-0.39, 0.29) is 11.9 Å². The van der Waals surface area contributed by atoms with E-state index in [1.807, 2.05) is 18.2 Å². The van der Waals surface area contributed by atoms with Gasteiger partial charge in [0.05, 0.1) is 6.61 Å². The Balaban J connectivity index is 1.56. The van der Waals surface area contributed by atoms with E-state index in [2.05, 4.69) is 10.6 Å². The van der Waals surface area contributed by atoms with Gasteiger partial charge in [0.15, 0.2) is 0 Å². The SMILES string of the molecule is COCCOc1cccc(C(=O)NC2CC3CCC(C2)N3)c1. The van der Waals surface area contributed by atoms with Crippen molar-refractivity contribution in [2.45, 2.75) is 43.8 Å². The van der Waals surface area contributed by atoms with E-state index in [4.69, 9.17) is 9.47 Å². The molecule has 2 fully saturated rings. The van der Waals surface area contributed by atoms with E-state index >= 15 is 0 Å². The number of nitrogens with one attached hydrogen (secondary N) is 2. The van der Waals surface area contributed by atoms with Crippen LogP contribution in [0, 0.1) is 0 Å². The second-order valence-electron chi connectivity index (χ2n) is 6.15. The standard InChI is InChI=1S/C17H24N2O3/c1-21-7-8-22-16-4-2-3-12(9-16)17(20)19-15-10-13-5-6-14(11-15)18-13/h2-4,9,13-15,18H,5-8,10-11H2,1H3,(H,19,20). The Labute approximate surface area is 131 Å². The lowest BCUT2D eigenvalue weighted by Gasteiger charge is -2.29. The van der Waals surface area contributed by atoms with Crippen LogP contribution < -0.4 is 15.4 Å². The third-order valence-electron chi connectivity index (χ3n) is 4.46. The minimum absolute atomic E-state index is 0.0107. The van der Waals surface area contributed by atoms with Crippen molar-refractivity contribution in [1.29, 1.82) is 0 Å². The van der Waals surface area contributed by atoms with E-state index in [9.17, 15) is 4.79 Å². The zero-order chi connectivity index (χ0) is 15.4. The summed E-state index contributed by atoms with van der Waals surface area (Å²) in [6.45, 7) is 1.02. The number of methoxy groups -OCH3 is 1. The molecule has 2 unspecified atom stereocenters. The van der Waals surface area contributed by atoms with Crippen molar-refractivity contribution >= 4 is 5.91 Å². The summed E-state index contributed by atoms with van der Waals surface area (Å²) in [6.07, 6.45) is 4.54. The summed E-state index contributed by atoms with van der Waals surface area (Å²) in [6, 6.07) is 8.76. The van der Waals surface area contributed by atoms with Crippen LogP contribution >= 0.6 is 0 Å². The molecule has 0 radical (unpaired) electrons. The maximum atomic E-state index is 12.4. The van der Waals surface area contributed by atoms with E-state index in [0.29, 0.717) is 36.6 Å². The quantitative estimate of drug-likeness (QED) is 0.786. The smallest absolute Gasteiger partial charge is 0.251 e. The van der Waals surface area contributed by atoms with Gasteiger partial charge in [-0.3, -0.25) is 4.79 Å². The van der Waals surface area contributed by atoms with E-state index < -0.39 is 0 Å². The highest BCUT2D eigenvalue weighted by Crippen LogP contribution is 2.27. The van der Waals surface area contributed by atoms with Crippen molar-refractivity contribution in [3.05, 3.63) is 29.8 Å². The topological polar surface area (TPSA) is 59.6 Å². The first-order valence-electron chi connectivity index (χ1n) is 8.03. The molecule has 0 spiro atoms. The number of rotatable bonds is 6. The van der Waals surface area contributed by atoms with Crippen LogP contribution in [0.1, 0.15) is 36.0 Å². The molecule has 1 aromatic carbocycles. The fraction of sp³-hybridized carbons (Fsp3) is 0.588. The highest BCUT2D eigenvalue weighted by Gasteiger charge is 2.34. The molecule has 5 heteroatoms. The molecule has 2 aliphatic heterocycles. The van der Waals surface area contributed by atoms with Crippen LogP contribution in [0.15, 0.2) is 24.3 Å². The molecule has 2 atom stereocenters. The molecule has 1 amide bonds. The summed E-state index contributed by atoms with van der Waals surface area (Å²) in [5.41, 5.74) is 0.654. The molecule has 0 saturated carbocycles. The van der Waals surface area contributed by atoms with Gasteiger partial charge in [-0.25, -0.2) is 0 Å². The zero-order valence-electron chi connectivity index (χ0n) is 13.0. The first kappa shape index (κ1) is 15.3. The van der Waals surface area contributed by atoms with Crippen molar-refractivity contribution < 1.29 is 14.3 Å². The van der Waals surface area contributed by atoms with E-state index in [0.717, 1.165) is 12.8 Å². The van der Waals surface area contributed by atoms with Crippen molar-refractivity contribution in [3.8, 4) is 5.75 Å². The van der Waals surface area contributed by atoms with Gasteiger partial charge in [-0.2, -0.15) is 0 Å². The van der Waals surface area contributed by atoms with Crippen LogP contribution in [0.25, 0.3) is 0 Å². The molecule has 5 nitrogen and oxygen atoms in total. The molecule has 2 N–H and O–H groups in total. The monoisotopic (exact) mass is 304 g/mol. The normalized spacial score (nSPS) is 26.7. The van der Waals surface area contributed by atoms with Gasteiger partial charge in [-0.15, -0.1) is 0 Å². The van der Waals surface area contributed by atoms with E-state index in [1.54, 1.807) is 13.2 Å². The first-order valence-corrected chi connectivity index (χ1v) is 8.03.